The van der Waals surface area contributed by atoms with E-state index in [4.69, 9.17) is 5.73 Å². The summed E-state index contributed by atoms with van der Waals surface area (Å²) in [5.74, 6) is 0.303. The molecule has 102 valence electrons. The summed E-state index contributed by atoms with van der Waals surface area (Å²) in [5.41, 5.74) is 8.62. The average molecular weight is 258 g/mol. The van der Waals surface area contributed by atoms with E-state index in [1.54, 1.807) is 0 Å². The molecule has 1 saturated carbocycles. The number of nitrogens with zero attached hydrogens (tertiary/aromatic N) is 1. The number of rotatable bonds is 4. The van der Waals surface area contributed by atoms with Crippen LogP contribution < -0.4 is 5.73 Å². The predicted octanol–water partition coefficient (Wildman–Crippen LogP) is 2.19. The summed E-state index contributed by atoms with van der Waals surface area (Å²) in [4.78, 5) is 14.0. The van der Waals surface area contributed by atoms with E-state index < -0.39 is 0 Å². The third kappa shape index (κ3) is 2.81. The molecule has 3 nitrogen and oxygen atoms in total. The zero-order valence-electron chi connectivity index (χ0n) is 11.4. The second kappa shape index (κ2) is 4.97. The van der Waals surface area contributed by atoms with Crippen LogP contribution in [0, 0.1) is 0 Å². The van der Waals surface area contributed by atoms with E-state index in [0.717, 1.165) is 45.2 Å². The first-order valence-corrected chi connectivity index (χ1v) is 7.33. The van der Waals surface area contributed by atoms with E-state index in [1.807, 2.05) is 4.90 Å². The van der Waals surface area contributed by atoms with Crippen LogP contribution in [0.3, 0.4) is 0 Å². The van der Waals surface area contributed by atoms with Crippen LogP contribution in [0.15, 0.2) is 24.3 Å². The molecule has 1 aromatic carbocycles. The molecule has 1 aliphatic heterocycles. The smallest absolute Gasteiger partial charge is 0.222 e. The van der Waals surface area contributed by atoms with Gasteiger partial charge in [0.15, 0.2) is 0 Å². The van der Waals surface area contributed by atoms with Crippen LogP contribution >= 0.6 is 0 Å². The third-order valence-electron chi connectivity index (χ3n) is 4.38. The lowest BCUT2D eigenvalue weighted by atomic mass is 10.0. The summed E-state index contributed by atoms with van der Waals surface area (Å²) in [5, 5.41) is 0. The van der Waals surface area contributed by atoms with Gasteiger partial charge in [-0.1, -0.05) is 24.3 Å². The summed E-state index contributed by atoms with van der Waals surface area (Å²) in [6.45, 7) is 1.90. The standard InChI is InChI=1S/C16H22N2O/c17-16(8-9-16)14-5-3-4-13(12-14)6-7-15(19)18-10-1-2-11-18/h3-5,12H,1-2,6-11,17H2. The van der Waals surface area contributed by atoms with E-state index in [9.17, 15) is 4.79 Å². The zero-order chi connectivity index (χ0) is 13.3. The van der Waals surface area contributed by atoms with Crippen molar-refractivity contribution in [1.82, 2.24) is 4.90 Å². The van der Waals surface area contributed by atoms with Gasteiger partial charge in [0.1, 0.15) is 0 Å². The molecule has 2 fully saturated rings. The highest BCUT2D eigenvalue weighted by molar-refractivity contribution is 5.76. The fraction of sp³-hybridized carbons (Fsp3) is 0.562. The lowest BCUT2D eigenvalue weighted by molar-refractivity contribution is -0.130. The van der Waals surface area contributed by atoms with Gasteiger partial charge in [-0.25, -0.2) is 0 Å². The lowest BCUT2D eigenvalue weighted by Gasteiger charge is -2.15. The SMILES string of the molecule is NC1(c2cccc(CCC(=O)N3CCCC3)c2)CC1. The van der Waals surface area contributed by atoms with Gasteiger partial charge in [0, 0.05) is 25.0 Å². The highest BCUT2D eigenvalue weighted by Gasteiger charge is 2.39. The van der Waals surface area contributed by atoms with E-state index >= 15 is 0 Å². The summed E-state index contributed by atoms with van der Waals surface area (Å²) in [6.07, 6.45) is 5.96. The van der Waals surface area contributed by atoms with E-state index in [-0.39, 0.29) is 5.54 Å². The minimum absolute atomic E-state index is 0.0744. The van der Waals surface area contributed by atoms with Crippen LogP contribution in [0.1, 0.15) is 43.2 Å². The molecule has 0 aromatic heterocycles. The number of hydrogen-bond acceptors (Lipinski definition) is 2. The van der Waals surface area contributed by atoms with Crippen molar-refractivity contribution >= 4 is 5.91 Å². The van der Waals surface area contributed by atoms with Crippen molar-refractivity contribution in [3.05, 3.63) is 35.4 Å². The molecule has 2 N–H and O–H groups in total. The molecule has 0 spiro atoms. The maximum atomic E-state index is 12.0. The topological polar surface area (TPSA) is 46.3 Å². The molecular formula is C16H22N2O. The van der Waals surface area contributed by atoms with Crippen molar-refractivity contribution in [2.45, 2.75) is 44.1 Å². The molecule has 1 aliphatic carbocycles. The van der Waals surface area contributed by atoms with Crippen molar-refractivity contribution in [2.24, 2.45) is 5.73 Å². The number of aryl methyl sites for hydroxylation is 1. The Morgan fingerprint density at radius 3 is 2.68 bits per heavy atom. The number of benzene rings is 1. The molecular weight excluding hydrogens is 236 g/mol. The quantitative estimate of drug-likeness (QED) is 0.900. The average Bonchev–Trinajstić information content (AvgIpc) is 2.96. The monoisotopic (exact) mass is 258 g/mol. The Bertz CT molecular complexity index is 473. The molecule has 2 aliphatic rings. The number of likely N-dealkylation sites (tertiary alicyclic amines) is 1. The third-order valence-corrected chi connectivity index (χ3v) is 4.38. The van der Waals surface area contributed by atoms with Crippen molar-refractivity contribution < 1.29 is 4.79 Å². The number of nitrogens with two attached hydrogens (primary N) is 1. The first-order chi connectivity index (χ1) is 9.17. The van der Waals surface area contributed by atoms with Crippen LogP contribution in [-0.4, -0.2) is 23.9 Å². The van der Waals surface area contributed by atoms with E-state index in [2.05, 4.69) is 24.3 Å². The van der Waals surface area contributed by atoms with Crippen LogP contribution in [0.5, 0.6) is 0 Å². The number of hydrogen-bond donors (Lipinski definition) is 1. The van der Waals surface area contributed by atoms with Crippen molar-refractivity contribution in [1.29, 1.82) is 0 Å². The number of carbonyl (C=O) groups excluding carboxylic acids is 1. The molecule has 1 heterocycles. The van der Waals surface area contributed by atoms with Crippen LogP contribution in [0.4, 0.5) is 0 Å². The molecule has 19 heavy (non-hydrogen) atoms. The van der Waals surface area contributed by atoms with Crippen molar-refractivity contribution in [2.75, 3.05) is 13.1 Å². The lowest BCUT2D eigenvalue weighted by Crippen LogP contribution is -2.27. The zero-order valence-corrected chi connectivity index (χ0v) is 11.4. The summed E-state index contributed by atoms with van der Waals surface area (Å²) >= 11 is 0. The first-order valence-electron chi connectivity index (χ1n) is 7.33. The van der Waals surface area contributed by atoms with Gasteiger partial charge in [-0.15, -0.1) is 0 Å². The highest BCUT2D eigenvalue weighted by Crippen LogP contribution is 2.42. The summed E-state index contributed by atoms with van der Waals surface area (Å²) in [7, 11) is 0. The Morgan fingerprint density at radius 1 is 1.26 bits per heavy atom. The fourth-order valence-corrected chi connectivity index (χ4v) is 2.84. The predicted molar refractivity (Wildman–Crippen MR) is 75.7 cm³/mol. The van der Waals surface area contributed by atoms with Gasteiger partial charge in [-0.3, -0.25) is 4.79 Å². The number of carbonyl (C=O) groups is 1. The summed E-state index contributed by atoms with van der Waals surface area (Å²) < 4.78 is 0. The molecule has 0 radical (unpaired) electrons. The Labute approximate surface area is 114 Å². The Hall–Kier alpha value is -1.35. The van der Waals surface area contributed by atoms with Crippen LogP contribution in [0.2, 0.25) is 0 Å². The molecule has 0 atom stereocenters. The van der Waals surface area contributed by atoms with Crippen LogP contribution in [0.25, 0.3) is 0 Å². The normalized spacial score (nSPS) is 20.6. The van der Waals surface area contributed by atoms with E-state index in [0.29, 0.717) is 12.3 Å². The van der Waals surface area contributed by atoms with E-state index in [1.165, 1.54) is 11.1 Å². The molecule has 3 rings (SSSR count). The minimum Gasteiger partial charge on any atom is -0.343 e. The Kier molecular flexibility index (Phi) is 3.31. The minimum atomic E-state index is -0.0744. The summed E-state index contributed by atoms with van der Waals surface area (Å²) in [6, 6.07) is 8.47. The fourth-order valence-electron chi connectivity index (χ4n) is 2.84. The maximum absolute atomic E-state index is 12.0. The highest BCUT2D eigenvalue weighted by atomic mass is 16.2. The molecule has 1 amide bonds. The molecule has 0 bridgehead atoms. The maximum Gasteiger partial charge on any atom is 0.222 e. The second-order valence-corrected chi connectivity index (χ2v) is 5.94. The van der Waals surface area contributed by atoms with Gasteiger partial charge >= 0.3 is 0 Å². The molecule has 1 saturated heterocycles. The molecule has 1 aromatic rings. The Balaban J connectivity index is 1.59. The van der Waals surface area contributed by atoms with Crippen molar-refractivity contribution in [3.8, 4) is 0 Å². The van der Waals surface area contributed by atoms with Gasteiger partial charge in [-0.05, 0) is 43.2 Å². The van der Waals surface area contributed by atoms with Gasteiger partial charge < -0.3 is 10.6 Å². The number of amides is 1. The molecule has 0 unspecified atom stereocenters. The second-order valence-electron chi connectivity index (χ2n) is 5.94. The van der Waals surface area contributed by atoms with Gasteiger partial charge in [0.25, 0.3) is 0 Å². The van der Waals surface area contributed by atoms with Crippen LogP contribution in [-0.2, 0) is 16.8 Å². The van der Waals surface area contributed by atoms with Gasteiger partial charge in [-0.2, -0.15) is 0 Å². The molecule has 3 heteroatoms. The van der Waals surface area contributed by atoms with Gasteiger partial charge in [0.2, 0.25) is 5.91 Å². The first kappa shape index (κ1) is 12.7. The van der Waals surface area contributed by atoms with Gasteiger partial charge in [0.05, 0.1) is 0 Å². The largest absolute Gasteiger partial charge is 0.343 e. The Morgan fingerprint density at radius 2 is 2.00 bits per heavy atom. The van der Waals surface area contributed by atoms with Crippen molar-refractivity contribution in [3.63, 3.8) is 0 Å².